The summed E-state index contributed by atoms with van der Waals surface area (Å²) in [7, 11) is 3.83. The molecule has 0 aromatic carbocycles. The number of nitrogens with zero attached hydrogens (tertiary/aromatic N) is 7. The fraction of sp³-hybridized carbons (Fsp3) is 0.333. The number of nitrogens with one attached hydrogen (secondary N) is 1. The van der Waals surface area contributed by atoms with Crippen LogP contribution in [0, 0.1) is 6.92 Å². The van der Waals surface area contributed by atoms with Crippen molar-refractivity contribution in [3.05, 3.63) is 42.1 Å². The number of fused-ring (bicyclic) bond motifs is 1. The van der Waals surface area contributed by atoms with Crippen LogP contribution in [0.25, 0.3) is 0 Å². The van der Waals surface area contributed by atoms with E-state index in [2.05, 4.69) is 30.4 Å². The van der Waals surface area contributed by atoms with Crippen molar-refractivity contribution < 1.29 is 0 Å². The van der Waals surface area contributed by atoms with Crippen LogP contribution in [0.3, 0.4) is 0 Å². The summed E-state index contributed by atoms with van der Waals surface area (Å²) in [6, 6.07) is 2.15. The fourth-order valence-corrected chi connectivity index (χ4v) is 2.91. The van der Waals surface area contributed by atoms with Crippen molar-refractivity contribution in [3.8, 4) is 0 Å². The molecule has 2 aliphatic heterocycles. The van der Waals surface area contributed by atoms with Crippen molar-refractivity contribution in [1.29, 1.82) is 0 Å². The topological polar surface area (TPSA) is 75.6 Å². The predicted octanol–water partition coefficient (Wildman–Crippen LogP) is 1.21. The Labute approximate surface area is 133 Å². The highest BCUT2D eigenvalue weighted by Crippen LogP contribution is 2.28. The van der Waals surface area contributed by atoms with Crippen molar-refractivity contribution in [2.24, 2.45) is 24.1 Å². The number of amidine groups is 2. The second-order valence-electron chi connectivity index (χ2n) is 5.73. The van der Waals surface area contributed by atoms with Crippen LogP contribution in [0.4, 0.5) is 5.82 Å². The van der Waals surface area contributed by atoms with E-state index in [1.165, 1.54) is 0 Å². The third-order valence-corrected chi connectivity index (χ3v) is 4.00. The van der Waals surface area contributed by atoms with E-state index >= 15 is 0 Å². The number of aliphatic imine (C=N–C) groups is 2. The van der Waals surface area contributed by atoms with Crippen molar-refractivity contribution in [2.45, 2.75) is 13.0 Å². The van der Waals surface area contributed by atoms with Crippen LogP contribution in [-0.2, 0) is 14.1 Å². The maximum atomic E-state index is 4.67. The zero-order chi connectivity index (χ0) is 16.0. The van der Waals surface area contributed by atoms with Crippen LogP contribution in [0.5, 0.6) is 0 Å². The van der Waals surface area contributed by atoms with Gasteiger partial charge in [-0.05, 0) is 6.92 Å². The lowest BCUT2D eigenvalue weighted by Crippen LogP contribution is -2.37. The monoisotopic (exact) mass is 310 g/mol. The van der Waals surface area contributed by atoms with Gasteiger partial charge in [-0.2, -0.15) is 10.2 Å². The third kappa shape index (κ3) is 2.32. The van der Waals surface area contributed by atoms with Gasteiger partial charge in [-0.15, -0.1) is 0 Å². The van der Waals surface area contributed by atoms with Gasteiger partial charge in [0.2, 0.25) is 0 Å². The Morgan fingerprint density at radius 2 is 2.17 bits per heavy atom. The van der Waals surface area contributed by atoms with Crippen LogP contribution in [0.1, 0.15) is 17.3 Å². The van der Waals surface area contributed by atoms with Gasteiger partial charge in [0, 0.05) is 44.3 Å². The molecular formula is C15H18N8. The SMILES string of the molecule is Cc1cc(NC2=NC=CN3C2=NCC3c2cnn(C)c2)n(C)n1. The molecule has 8 heteroatoms. The minimum Gasteiger partial charge on any atom is -0.322 e. The van der Waals surface area contributed by atoms with Gasteiger partial charge in [-0.1, -0.05) is 0 Å². The molecule has 0 fully saturated rings. The molecule has 8 nitrogen and oxygen atoms in total. The van der Waals surface area contributed by atoms with Crippen LogP contribution >= 0.6 is 0 Å². The maximum Gasteiger partial charge on any atom is 0.174 e. The number of aryl methyl sites for hydroxylation is 3. The molecule has 4 rings (SSSR count). The molecule has 1 N–H and O–H groups in total. The number of rotatable bonds is 2. The molecular weight excluding hydrogens is 292 g/mol. The van der Waals surface area contributed by atoms with E-state index in [9.17, 15) is 0 Å². The fourth-order valence-electron chi connectivity index (χ4n) is 2.91. The molecule has 0 amide bonds. The highest BCUT2D eigenvalue weighted by atomic mass is 15.4. The van der Waals surface area contributed by atoms with E-state index in [1.54, 1.807) is 10.9 Å². The molecule has 0 aliphatic carbocycles. The Morgan fingerprint density at radius 1 is 1.30 bits per heavy atom. The number of hydrogen-bond donors (Lipinski definition) is 1. The van der Waals surface area contributed by atoms with E-state index in [-0.39, 0.29) is 6.04 Å². The Balaban J connectivity index is 1.59. The minimum absolute atomic E-state index is 0.163. The van der Waals surface area contributed by atoms with Gasteiger partial charge in [0.05, 0.1) is 24.5 Å². The first kappa shape index (κ1) is 13.7. The maximum absolute atomic E-state index is 4.67. The highest BCUT2D eigenvalue weighted by Gasteiger charge is 2.33. The van der Waals surface area contributed by atoms with Gasteiger partial charge in [-0.25, -0.2) is 4.99 Å². The normalized spacial score (nSPS) is 19.6. The van der Waals surface area contributed by atoms with Gasteiger partial charge in [0.1, 0.15) is 5.82 Å². The van der Waals surface area contributed by atoms with Crippen LogP contribution in [0.2, 0.25) is 0 Å². The Kier molecular flexibility index (Phi) is 3.03. The van der Waals surface area contributed by atoms with E-state index < -0.39 is 0 Å². The van der Waals surface area contributed by atoms with Gasteiger partial charge >= 0.3 is 0 Å². The van der Waals surface area contributed by atoms with E-state index in [4.69, 9.17) is 0 Å². The first-order chi connectivity index (χ1) is 11.1. The highest BCUT2D eigenvalue weighted by molar-refractivity contribution is 6.45. The van der Waals surface area contributed by atoms with Gasteiger partial charge in [0.15, 0.2) is 11.7 Å². The number of anilines is 1. The van der Waals surface area contributed by atoms with Gasteiger partial charge < -0.3 is 10.2 Å². The van der Waals surface area contributed by atoms with Crippen molar-refractivity contribution >= 4 is 17.5 Å². The van der Waals surface area contributed by atoms with E-state index in [1.807, 2.05) is 50.4 Å². The quantitative estimate of drug-likeness (QED) is 0.905. The number of aromatic nitrogens is 4. The second kappa shape index (κ2) is 5.08. The third-order valence-electron chi connectivity index (χ3n) is 4.00. The molecule has 0 saturated heterocycles. The van der Waals surface area contributed by atoms with Crippen molar-refractivity contribution in [1.82, 2.24) is 24.5 Å². The minimum atomic E-state index is 0.163. The summed E-state index contributed by atoms with van der Waals surface area (Å²) < 4.78 is 3.61. The summed E-state index contributed by atoms with van der Waals surface area (Å²) in [5, 5.41) is 11.9. The molecule has 23 heavy (non-hydrogen) atoms. The largest absolute Gasteiger partial charge is 0.322 e. The molecule has 118 valence electrons. The molecule has 0 spiro atoms. The zero-order valence-corrected chi connectivity index (χ0v) is 13.3. The average Bonchev–Trinajstić information content (AvgIpc) is 3.19. The molecule has 1 atom stereocenters. The van der Waals surface area contributed by atoms with Crippen molar-refractivity contribution in [2.75, 3.05) is 11.9 Å². The molecule has 2 aliphatic rings. The Hall–Kier alpha value is -2.90. The zero-order valence-electron chi connectivity index (χ0n) is 13.3. The lowest BCUT2D eigenvalue weighted by atomic mass is 10.1. The summed E-state index contributed by atoms with van der Waals surface area (Å²) in [5.74, 6) is 2.48. The summed E-state index contributed by atoms with van der Waals surface area (Å²) in [5.41, 5.74) is 2.11. The summed E-state index contributed by atoms with van der Waals surface area (Å²) >= 11 is 0. The summed E-state index contributed by atoms with van der Waals surface area (Å²) in [6.45, 7) is 2.65. The van der Waals surface area contributed by atoms with Crippen LogP contribution < -0.4 is 5.32 Å². The van der Waals surface area contributed by atoms with Gasteiger partial charge in [-0.3, -0.25) is 14.4 Å². The predicted molar refractivity (Wildman–Crippen MR) is 88.2 cm³/mol. The molecule has 0 radical (unpaired) electrons. The standard InChI is InChI=1S/C15H18N8/c1-10-6-13(22(3)20-10)19-14-15-17-8-12(23(15)5-4-16-14)11-7-18-21(2)9-11/h4-7,9,12H,8H2,1-3H3,(H,16,19). The lowest BCUT2D eigenvalue weighted by Gasteiger charge is -2.26. The first-order valence-electron chi connectivity index (χ1n) is 7.45. The second-order valence-corrected chi connectivity index (χ2v) is 5.73. The lowest BCUT2D eigenvalue weighted by molar-refractivity contribution is 0.458. The van der Waals surface area contributed by atoms with E-state index in [0.29, 0.717) is 6.54 Å². The molecule has 2 aromatic rings. The number of hydrogen-bond acceptors (Lipinski definition) is 6. The van der Waals surface area contributed by atoms with E-state index in [0.717, 1.165) is 28.7 Å². The van der Waals surface area contributed by atoms with Gasteiger partial charge in [0.25, 0.3) is 0 Å². The molecule has 1 unspecified atom stereocenters. The van der Waals surface area contributed by atoms with Crippen LogP contribution in [-0.4, -0.2) is 42.7 Å². The van der Waals surface area contributed by atoms with Crippen molar-refractivity contribution in [3.63, 3.8) is 0 Å². The molecule has 4 heterocycles. The molecule has 0 bridgehead atoms. The molecule has 2 aromatic heterocycles. The first-order valence-corrected chi connectivity index (χ1v) is 7.45. The summed E-state index contributed by atoms with van der Waals surface area (Å²) in [4.78, 5) is 11.2. The average molecular weight is 310 g/mol. The molecule has 0 saturated carbocycles. The smallest absolute Gasteiger partial charge is 0.174 e. The Morgan fingerprint density at radius 3 is 2.87 bits per heavy atom. The Bertz CT molecular complexity index is 838. The van der Waals surface area contributed by atoms with Crippen LogP contribution in [0.15, 0.2) is 40.8 Å². The summed E-state index contributed by atoms with van der Waals surface area (Å²) in [6.07, 6.45) is 7.67.